The molecule has 8 nitrogen and oxygen atoms in total. The molecule has 1 atom stereocenters. The van der Waals surface area contributed by atoms with Crippen molar-refractivity contribution < 1.29 is 28.9 Å². The van der Waals surface area contributed by atoms with Crippen LogP contribution >= 0.6 is 0 Å². The molecule has 1 unspecified atom stereocenters. The summed E-state index contributed by atoms with van der Waals surface area (Å²) in [6.45, 7) is 7.04. The van der Waals surface area contributed by atoms with Gasteiger partial charge in [-0.25, -0.2) is 0 Å². The average molecular weight is 545 g/mol. The molecule has 3 aromatic rings. The van der Waals surface area contributed by atoms with Crippen LogP contribution in [0.5, 0.6) is 17.2 Å². The normalized spacial score (nSPS) is 16.2. The van der Waals surface area contributed by atoms with Crippen LogP contribution in [-0.2, 0) is 9.59 Å². The molecular weight excluding hydrogens is 508 g/mol. The molecule has 1 N–H and O–H groups in total. The summed E-state index contributed by atoms with van der Waals surface area (Å²) in [6.07, 6.45) is 0.831. The lowest BCUT2D eigenvalue weighted by atomic mass is 9.94. The Hall–Kier alpha value is -4.46. The van der Waals surface area contributed by atoms with E-state index in [1.807, 2.05) is 70.1 Å². The van der Waals surface area contributed by atoms with E-state index in [-0.39, 0.29) is 11.3 Å². The van der Waals surface area contributed by atoms with Gasteiger partial charge in [0.15, 0.2) is 0 Å². The second-order valence-electron chi connectivity index (χ2n) is 9.52. The van der Waals surface area contributed by atoms with E-state index in [0.29, 0.717) is 53.9 Å². The fraction of sp³-hybridized carbons (Fsp3) is 0.312. The Kier molecular flexibility index (Phi) is 8.99. The van der Waals surface area contributed by atoms with Crippen molar-refractivity contribution >= 4 is 28.8 Å². The molecule has 40 heavy (non-hydrogen) atoms. The topological polar surface area (TPSA) is 88.5 Å². The molecule has 1 aliphatic heterocycles. The van der Waals surface area contributed by atoms with E-state index in [1.54, 1.807) is 36.4 Å². The van der Waals surface area contributed by atoms with Gasteiger partial charge in [0.25, 0.3) is 11.7 Å². The first-order valence-electron chi connectivity index (χ1n) is 13.5. The summed E-state index contributed by atoms with van der Waals surface area (Å²) in [7, 11) is 3.87. The maximum Gasteiger partial charge on any atom is 0.300 e. The maximum atomic E-state index is 13.6. The molecule has 0 bridgehead atoms. The van der Waals surface area contributed by atoms with E-state index in [9.17, 15) is 14.7 Å². The molecule has 4 rings (SSSR count). The minimum atomic E-state index is -0.876. The molecule has 0 spiro atoms. The lowest BCUT2D eigenvalue weighted by molar-refractivity contribution is -0.132. The largest absolute Gasteiger partial charge is 0.507 e. The number of aliphatic hydroxyl groups is 1. The van der Waals surface area contributed by atoms with Gasteiger partial charge in [-0.15, -0.1) is 0 Å². The molecule has 0 saturated carbocycles. The first-order valence-corrected chi connectivity index (χ1v) is 13.5. The molecular formula is C32H36N2O6. The van der Waals surface area contributed by atoms with E-state index in [0.717, 1.165) is 12.1 Å². The lowest BCUT2D eigenvalue weighted by Crippen LogP contribution is -2.29. The summed E-state index contributed by atoms with van der Waals surface area (Å²) >= 11 is 0. The number of rotatable bonds is 11. The number of Topliss-reactive ketones (excluding diaryl/α,β-unsaturated/α-hetero) is 1. The summed E-state index contributed by atoms with van der Waals surface area (Å²) in [6, 6.07) is 18.8. The summed E-state index contributed by atoms with van der Waals surface area (Å²) in [5.74, 6) is -0.313. The quantitative estimate of drug-likeness (QED) is 0.181. The molecule has 3 aromatic carbocycles. The Morgan fingerprint density at radius 2 is 1.57 bits per heavy atom. The highest BCUT2D eigenvalue weighted by atomic mass is 16.5. The third-order valence-corrected chi connectivity index (χ3v) is 6.56. The average Bonchev–Trinajstić information content (AvgIpc) is 3.22. The van der Waals surface area contributed by atoms with Crippen molar-refractivity contribution in [2.24, 2.45) is 0 Å². The van der Waals surface area contributed by atoms with Crippen molar-refractivity contribution in [2.45, 2.75) is 33.2 Å². The van der Waals surface area contributed by atoms with Crippen molar-refractivity contribution in [1.82, 2.24) is 0 Å². The molecule has 1 aliphatic rings. The van der Waals surface area contributed by atoms with Gasteiger partial charge < -0.3 is 24.2 Å². The Labute approximate surface area is 235 Å². The molecule has 1 fully saturated rings. The highest BCUT2D eigenvalue weighted by Gasteiger charge is 2.47. The van der Waals surface area contributed by atoms with Crippen LogP contribution in [0.3, 0.4) is 0 Å². The summed E-state index contributed by atoms with van der Waals surface area (Å²) in [5.41, 5.74) is 2.41. The zero-order chi connectivity index (χ0) is 28.8. The molecule has 1 heterocycles. The number of nitrogens with zero attached hydrogens (tertiary/aromatic N) is 2. The number of benzene rings is 3. The van der Waals surface area contributed by atoms with Gasteiger partial charge in [-0.05, 0) is 62.2 Å². The number of hydrogen-bond acceptors (Lipinski definition) is 7. The zero-order valence-electron chi connectivity index (χ0n) is 23.6. The van der Waals surface area contributed by atoms with Gasteiger partial charge in [0.05, 0.1) is 37.0 Å². The van der Waals surface area contributed by atoms with Gasteiger partial charge in [-0.3, -0.25) is 14.5 Å². The van der Waals surface area contributed by atoms with Gasteiger partial charge in [-0.1, -0.05) is 25.1 Å². The van der Waals surface area contributed by atoms with E-state index < -0.39 is 17.7 Å². The van der Waals surface area contributed by atoms with Crippen LogP contribution in [0.2, 0.25) is 0 Å². The predicted molar refractivity (Wildman–Crippen MR) is 157 cm³/mol. The molecule has 210 valence electrons. The molecule has 0 aliphatic carbocycles. The molecule has 0 aromatic heterocycles. The monoisotopic (exact) mass is 544 g/mol. The van der Waals surface area contributed by atoms with Crippen LogP contribution in [0.4, 0.5) is 11.4 Å². The van der Waals surface area contributed by atoms with Gasteiger partial charge in [0.1, 0.15) is 23.0 Å². The lowest BCUT2D eigenvalue weighted by Gasteiger charge is -2.26. The third kappa shape index (κ3) is 5.76. The molecule has 1 amide bonds. The Morgan fingerprint density at radius 1 is 0.875 bits per heavy atom. The minimum Gasteiger partial charge on any atom is -0.507 e. The van der Waals surface area contributed by atoms with E-state index in [1.165, 1.54) is 4.90 Å². The number of ketones is 1. The van der Waals surface area contributed by atoms with Gasteiger partial charge >= 0.3 is 0 Å². The second-order valence-corrected chi connectivity index (χ2v) is 9.52. The fourth-order valence-electron chi connectivity index (χ4n) is 4.69. The van der Waals surface area contributed by atoms with Crippen LogP contribution in [-0.4, -0.2) is 50.7 Å². The number of ether oxygens (including phenoxy) is 3. The van der Waals surface area contributed by atoms with Gasteiger partial charge in [-0.2, -0.15) is 0 Å². The van der Waals surface area contributed by atoms with Crippen LogP contribution in [0.15, 0.2) is 72.3 Å². The Morgan fingerprint density at radius 3 is 2.23 bits per heavy atom. The van der Waals surface area contributed by atoms with Crippen LogP contribution < -0.4 is 24.0 Å². The van der Waals surface area contributed by atoms with E-state index in [2.05, 4.69) is 0 Å². The molecule has 8 heteroatoms. The van der Waals surface area contributed by atoms with Crippen molar-refractivity contribution in [3.63, 3.8) is 0 Å². The summed E-state index contributed by atoms with van der Waals surface area (Å²) in [5, 5.41) is 11.7. The SMILES string of the molecule is CCCOc1cccc(N2C(=O)C(=O)/C(=C(\O)c3ccc(OCC)cc3OCC)C2c2ccc(N(C)C)cc2)c1. The number of carbonyl (C=O) groups excluding carboxylic acids is 2. The van der Waals surface area contributed by atoms with E-state index in [4.69, 9.17) is 14.2 Å². The molecule has 1 saturated heterocycles. The fourth-order valence-corrected chi connectivity index (χ4v) is 4.69. The van der Waals surface area contributed by atoms with E-state index >= 15 is 0 Å². The van der Waals surface area contributed by atoms with Crippen LogP contribution in [0.1, 0.15) is 44.4 Å². The van der Waals surface area contributed by atoms with Crippen LogP contribution in [0.25, 0.3) is 5.76 Å². The first kappa shape index (κ1) is 28.5. The van der Waals surface area contributed by atoms with Crippen molar-refractivity contribution in [3.05, 3.63) is 83.4 Å². The smallest absolute Gasteiger partial charge is 0.300 e. The van der Waals surface area contributed by atoms with Crippen molar-refractivity contribution in [1.29, 1.82) is 0 Å². The number of amides is 1. The maximum absolute atomic E-state index is 13.6. The first-order chi connectivity index (χ1) is 19.3. The zero-order valence-corrected chi connectivity index (χ0v) is 23.6. The van der Waals surface area contributed by atoms with Gasteiger partial charge in [0.2, 0.25) is 0 Å². The summed E-state index contributed by atoms with van der Waals surface area (Å²) in [4.78, 5) is 30.6. The van der Waals surface area contributed by atoms with Crippen molar-refractivity contribution in [2.75, 3.05) is 43.7 Å². The standard InChI is InChI=1S/C32H36N2O6/c1-6-18-40-24-11-9-10-23(19-24)34-29(21-12-14-22(15-13-21)33(4)5)28(31(36)32(34)37)30(35)26-17-16-25(38-7-2)20-27(26)39-8-3/h9-17,19-20,29,35H,6-8,18H2,1-5H3/b30-28-. The minimum absolute atomic E-state index is 0.0207. The number of carbonyl (C=O) groups is 2. The third-order valence-electron chi connectivity index (χ3n) is 6.56. The highest BCUT2D eigenvalue weighted by Crippen LogP contribution is 2.44. The predicted octanol–water partition coefficient (Wildman–Crippen LogP) is 5.97. The number of aliphatic hydroxyl groups excluding tert-OH is 1. The number of anilines is 2. The Bertz CT molecular complexity index is 1400. The van der Waals surface area contributed by atoms with Gasteiger partial charge in [0, 0.05) is 37.6 Å². The summed E-state index contributed by atoms with van der Waals surface area (Å²) < 4.78 is 17.2. The number of hydrogen-bond donors (Lipinski definition) is 1. The molecule has 0 radical (unpaired) electrons. The Balaban J connectivity index is 1.91. The van der Waals surface area contributed by atoms with Crippen molar-refractivity contribution in [3.8, 4) is 17.2 Å². The highest BCUT2D eigenvalue weighted by molar-refractivity contribution is 6.51. The second kappa shape index (κ2) is 12.6. The van der Waals surface area contributed by atoms with Crippen LogP contribution in [0, 0.1) is 0 Å².